The van der Waals surface area contributed by atoms with Crippen molar-refractivity contribution < 1.29 is 14.4 Å². The molecule has 1 aromatic heterocycles. The van der Waals surface area contributed by atoms with Crippen LogP contribution in [0.3, 0.4) is 0 Å². The third kappa shape index (κ3) is 6.27. The molecular formula is C13H22N6O3S. The minimum atomic E-state index is -0.530. The molecule has 0 aliphatic rings. The lowest BCUT2D eigenvalue weighted by atomic mass is 10.3. The standard InChI is InChI=1S/C13H22N6O3S/c1-7(2)15-12(22)16-11(21)8(3)23-13-18-17-10(19(13)4)6-5-9(14)20/h7-8H,5-6H2,1-4H3,(H2,14,20)(H2,15,16,21,22)/t8-/m0/s1. The fourth-order valence-corrected chi connectivity index (χ4v) is 2.46. The molecule has 0 spiro atoms. The normalized spacial score (nSPS) is 12.0. The highest BCUT2D eigenvalue weighted by molar-refractivity contribution is 8.00. The van der Waals surface area contributed by atoms with Gasteiger partial charge in [0.1, 0.15) is 5.82 Å². The van der Waals surface area contributed by atoms with Crippen molar-refractivity contribution in [2.24, 2.45) is 12.8 Å². The number of hydrogen-bond donors (Lipinski definition) is 3. The van der Waals surface area contributed by atoms with Crippen molar-refractivity contribution in [1.29, 1.82) is 0 Å². The Balaban J connectivity index is 2.60. The number of carbonyl (C=O) groups is 3. The first kappa shape index (κ1) is 18.9. The number of nitrogens with two attached hydrogens (primary N) is 1. The van der Waals surface area contributed by atoms with Crippen LogP contribution in [0.1, 0.15) is 33.0 Å². The van der Waals surface area contributed by atoms with Crippen molar-refractivity contribution in [3.05, 3.63) is 5.82 Å². The van der Waals surface area contributed by atoms with Crippen molar-refractivity contribution in [1.82, 2.24) is 25.4 Å². The number of aromatic nitrogens is 3. The molecule has 9 nitrogen and oxygen atoms in total. The van der Waals surface area contributed by atoms with E-state index in [1.54, 1.807) is 32.4 Å². The van der Waals surface area contributed by atoms with E-state index >= 15 is 0 Å². The van der Waals surface area contributed by atoms with Crippen LogP contribution in [-0.4, -0.2) is 43.9 Å². The molecule has 1 atom stereocenters. The first-order chi connectivity index (χ1) is 10.7. The number of imide groups is 1. The predicted molar refractivity (Wildman–Crippen MR) is 85.6 cm³/mol. The number of rotatable bonds is 7. The molecule has 0 aliphatic heterocycles. The summed E-state index contributed by atoms with van der Waals surface area (Å²) in [5.41, 5.74) is 5.11. The maximum absolute atomic E-state index is 12.0. The molecule has 0 bridgehead atoms. The predicted octanol–water partition coefficient (Wildman–Crippen LogP) is -0.0522. The van der Waals surface area contributed by atoms with E-state index in [1.165, 1.54) is 11.8 Å². The molecule has 0 saturated heterocycles. The maximum Gasteiger partial charge on any atom is 0.321 e. The van der Waals surface area contributed by atoms with E-state index in [4.69, 9.17) is 5.73 Å². The van der Waals surface area contributed by atoms with Crippen LogP contribution in [0.4, 0.5) is 4.79 Å². The summed E-state index contributed by atoms with van der Waals surface area (Å²) in [6.07, 6.45) is 0.568. The third-order valence-electron chi connectivity index (χ3n) is 2.83. The van der Waals surface area contributed by atoms with E-state index in [1.807, 2.05) is 0 Å². The average Bonchev–Trinajstić information content (AvgIpc) is 2.76. The van der Waals surface area contributed by atoms with E-state index in [9.17, 15) is 14.4 Å². The van der Waals surface area contributed by atoms with Crippen LogP contribution in [0.2, 0.25) is 0 Å². The molecule has 1 aromatic rings. The van der Waals surface area contributed by atoms with Gasteiger partial charge in [0.15, 0.2) is 5.16 Å². The van der Waals surface area contributed by atoms with E-state index in [0.29, 0.717) is 17.4 Å². The van der Waals surface area contributed by atoms with Gasteiger partial charge < -0.3 is 15.6 Å². The maximum atomic E-state index is 12.0. The lowest BCUT2D eigenvalue weighted by Crippen LogP contribution is -2.45. The van der Waals surface area contributed by atoms with Crippen molar-refractivity contribution in [3.8, 4) is 0 Å². The van der Waals surface area contributed by atoms with Gasteiger partial charge in [-0.3, -0.25) is 14.9 Å². The highest BCUT2D eigenvalue weighted by Crippen LogP contribution is 2.21. The highest BCUT2D eigenvalue weighted by atomic mass is 32.2. The van der Waals surface area contributed by atoms with Gasteiger partial charge >= 0.3 is 6.03 Å². The quantitative estimate of drug-likeness (QED) is 0.595. The Labute approximate surface area is 138 Å². The van der Waals surface area contributed by atoms with Crippen LogP contribution in [0.15, 0.2) is 5.16 Å². The van der Waals surface area contributed by atoms with Crippen LogP contribution < -0.4 is 16.4 Å². The van der Waals surface area contributed by atoms with E-state index in [-0.39, 0.29) is 12.5 Å². The Kier molecular flexibility index (Phi) is 7.01. The molecule has 0 fully saturated rings. The highest BCUT2D eigenvalue weighted by Gasteiger charge is 2.20. The fourth-order valence-electron chi connectivity index (χ4n) is 1.62. The second kappa shape index (κ2) is 8.51. The second-order valence-electron chi connectivity index (χ2n) is 5.30. The molecule has 0 aromatic carbocycles. The Hall–Kier alpha value is -2.10. The lowest BCUT2D eigenvalue weighted by Gasteiger charge is -2.13. The van der Waals surface area contributed by atoms with Crippen LogP contribution in [0.5, 0.6) is 0 Å². The molecule has 1 heterocycles. The monoisotopic (exact) mass is 342 g/mol. The molecule has 4 amide bonds. The van der Waals surface area contributed by atoms with Gasteiger partial charge in [0, 0.05) is 25.9 Å². The molecular weight excluding hydrogens is 320 g/mol. The Morgan fingerprint density at radius 3 is 2.48 bits per heavy atom. The number of urea groups is 1. The molecule has 0 saturated carbocycles. The van der Waals surface area contributed by atoms with Crippen LogP contribution in [-0.2, 0) is 23.1 Å². The summed E-state index contributed by atoms with van der Waals surface area (Å²) in [5.74, 6) is -0.225. The summed E-state index contributed by atoms with van der Waals surface area (Å²) >= 11 is 1.18. The van der Waals surface area contributed by atoms with Crippen LogP contribution in [0, 0.1) is 0 Å². The van der Waals surface area contributed by atoms with Gasteiger partial charge in [-0.25, -0.2) is 4.79 Å². The number of aryl methyl sites for hydroxylation is 1. The Bertz CT molecular complexity index is 586. The molecule has 128 valence electrons. The van der Waals surface area contributed by atoms with E-state index in [2.05, 4.69) is 20.8 Å². The first-order valence-electron chi connectivity index (χ1n) is 7.15. The average molecular weight is 342 g/mol. The van der Waals surface area contributed by atoms with Crippen LogP contribution in [0.25, 0.3) is 0 Å². The summed E-state index contributed by atoms with van der Waals surface area (Å²) in [6.45, 7) is 5.27. The van der Waals surface area contributed by atoms with Crippen LogP contribution >= 0.6 is 11.8 Å². The Morgan fingerprint density at radius 1 is 1.26 bits per heavy atom. The minimum absolute atomic E-state index is 0.0580. The fraction of sp³-hybridized carbons (Fsp3) is 0.615. The summed E-state index contributed by atoms with van der Waals surface area (Å²) in [7, 11) is 1.74. The van der Waals surface area contributed by atoms with Gasteiger partial charge in [0.25, 0.3) is 0 Å². The van der Waals surface area contributed by atoms with Gasteiger partial charge in [-0.1, -0.05) is 11.8 Å². The van der Waals surface area contributed by atoms with Crippen molar-refractivity contribution in [2.75, 3.05) is 0 Å². The van der Waals surface area contributed by atoms with E-state index < -0.39 is 23.1 Å². The lowest BCUT2D eigenvalue weighted by molar-refractivity contribution is -0.119. The summed E-state index contributed by atoms with van der Waals surface area (Å²) < 4.78 is 1.70. The Morgan fingerprint density at radius 2 is 1.91 bits per heavy atom. The number of carbonyl (C=O) groups excluding carboxylic acids is 3. The van der Waals surface area contributed by atoms with E-state index in [0.717, 1.165) is 0 Å². The second-order valence-corrected chi connectivity index (χ2v) is 6.61. The van der Waals surface area contributed by atoms with Crippen molar-refractivity contribution in [3.63, 3.8) is 0 Å². The molecule has 4 N–H and O–H groups in total. The number of nitrogens with one attached hydrogen (secondary N) is 2. The van der Waals surface area contributed by atoms with Gasteiger partial charge in [0.2, 0.25) is 11.8 Å². The molecule has 0 aliphatic carbocycles. The molecule has 10 heteroatoms. The molecule has 1 rings (SSSR count). The first-order valence-corrected chi connectivity index (χ1v) is 8.03. The third-order valence-corrected chi connectivity index (χ3v) is 3.96. The number of primary amides is 1. The number of hydrogen-bond acceptors (Lipinski definition) is 6. The van der Waals surface area contributed by atoms with Gasteiger partial charge in [0.05, 0.1) is 5.25 Å². The smallest absolute Gasteiger partial charge is 0.321 e. The largest absolute Gasteiger partial charge is 0.370 e. The molecule has 0 radical (unpaired) electrons. The van der Waals surface area contributed by atoms with Crippen molar-refractivity contribution in [2.45, 2.75) is 50.1 Å². The summed E-state index contributed by atoms with van der Waals surface area (Å²) in [6, 6.07) is -0.588. The zero-order valence-electron chi connectivity index (χ0n) is 13.6. The SMILES string of the molecule is CC(C)NC(=O)NC(=O)[C@H](C)Sc1nnc(CCC(N)=O)n1C. The van der Waals surface area contributed by atoms with Gasteiger partial charge in [-0.05, 0) is 20.8 Å². The topological polar surface area (TPSA) is 132 Å². The number of thioether (sulfide) groups is 1. The van der Waals surface area contributed by atoms with Crippen molar-refractivity contribution >= 4 is 29.6 Å². The summed E-state index contributed by atoms with van der Waals surface area (Å²) in [5, 5.41) is 12.8. The molecule has 0 unspecified atom stereocenters. The molecule has 23 heavy (non-hydrogen) atoms. The summed E-state index contributed by atoms with van der Waals surface area (Å²) in [4.78, 5) is 34.3. The number of amides is 4. The zero-order chi connectivity index (χ0) is 17.6. The van der Waals surface area contributed by atoms with Gasteiger partial charge in [-0.2, -0.15) is 0 Å². The number of nitrogens with zero attached hydrogens (tertiary/aromatic N) is 3. The minimum Gasteiger partial charge on any atom is -0.370 e. The zero-order valence-corrected chi connectivity index (χ0v) is 14.4. The van der Waals surface area contributed by atoms with Gasteiger partial charge in [-0.15, -0.1) is 10.2 Å².